The van der Waals surface area contributed by atoms with Gasteiger partial charge in [0.1, 0.15) is 11.4 Å². The number of nitrogens with two attached hydrogens (primary N) is 1. The number of benzene rings is 1. The van der Waals surface area contributed by atoms with Crippen LogP contribution in [0.5, 0.6) is 5.75 Å². The molecule has 3 atom stereocenters. The van der Waals surface area contributed by atoms with Crippen LogP contribution in [-0.4, -0.2) is 16.8 Å². The van der Waals surface area contributed by atoms with E-state index in [1.54, 1.807) is 0 Å². The Hall–Kier alpha value is -1.06. The van der Waals surface area contributed by atoms with E-state index in [0.29, 0.717) is 0 Å². The quantitative estimate of drug-likeness (QED) is 0.859. The molecule has 0 aromatic heterocycles. The average molecular weight is 265 g/mol. The summed E-state index contributed by atoms with van der Waals surface area (Å²) in [6, 6.07) is 7.32. The first-order valence-electron chi connectivity index (χ1n) is 6.97. The van der Waals surface area contributed by atoms with E-state index in [-0.39, 0.29) is 17.6 Å². The zero-order valence-electron chi connectivity index (χ0n) is 12.7. The first kappa shape index (κ1) is 16.0. The second-order valence-electron chi connectivity index (χ2n) is 6.19. The van der Waals surface area contributed by atoms with Crippen LogP contribution < -0.4 is 10.5 Å². The van der Waals surface area contributed by atoms with Gasteiger partial charge in [-0.3, -0.25) is 0 Å². The number of ether oxygens (including phenoxy) is 1. The molecule has 0 bridgehead atoms. The first-order chi connectivity index (χ1) is 8.74. The Morgan fingerprint density at radius 1 is 1.21 bits per heavy atom. The van der Waals surface area contributed by atoms with Crippen molar-refractivity contribution in [3.8, 4) is 5.75 Å². The lowest BCUT2D eigenvalue weighted by Crippen LogP contribution is -2.31. The highest BCUT2D eigenvalue weighted by Gasteiger charge is 2.22. The Kier molecular flexibility index (Phi) is 5.39. The van der Waals surface area contributed by atoms with Crippen molar-refractivity contribution in [2.24, 2.45) is 11.7 Å². The van der Waals surface area contributed by atoms with Gasteiger partial charge in [0.2, 0.25) is 0 Å². The van der Waals surface area contributed by atoms with Crippen molar-refractivity contribution in [3.05, 3.63) is 29.8 Å². The molecule has 3 nitrogen and oxygen atoms in total. The molecule has 1 aromatic rings. The van der Waals surface area contributed by atoms with Gasteiger partial charge in [-0.25, -0.2) is 0 Å². The Balaban J connectivity index is 2.76. The van der Waals surface area contributed by atoms with Crippen LogP contribution in [0.25, 0.3) is 0 Å². The number of hydrogen-bond acceptors (Lipinski definition) is 3. The van der Waals surface area contributed by atoms with Crippen molar-refractivity contribution in [2.75, 3.05) is 0 Å². The van der Waals surface area contributed by atoms with E-state index in [1.807, 2.05) is 52.0 Å². The molecule has 0 spiro atoms. The molecule has 1 rings (SSSR count). The lowest BCUT2D eigenvalue weighted by Gasteiger charge is -2.25. The molecule has 0 saturated heterocycles. The molecule has 0 radical (unpaired) electrons. The first-order valence-corrected chi connectivity index (χ1v) is 6.97. The van der Waals surface area contributed by atoms with Gasteiger partial charge >= 0.3 is 0 Å². The number of rotatable bonds is 5. The third-order valence-corrected chi connectivity index (χ3v) is 3.28. The minimum Gasteiger partial charge on any atom is -0.488 e. The van der Waals surface area contributed by atoms with E-state index >= 15 is 0 Å². The normalized spacial score (nSPS) is 16.8. The highest BCUT2D eigenvalue weighted by atomic mass is 16.5. The fraction of sp³-hybridized carbons (Fsp3) is 0.625. The molecule has 3 heteroatoms. The molecule has 0 heterocycles. The van der Waals surface area contributed by atoms with E-state index in [1.165, 1.54) is 0 Å². The molecule has 0 fully saturated rings. The van der Waals surface area contributed by atoms with E-state index < -0.39 is 6.10 Å². The van der Waals surface area contributed by atoms with E-state index in [0.717, 1.165) is 17.7 Å². The maximum Gasteiger partial charge on any atom is 0.120 e. The molecule has 3 N–H and O–H groups in total. The second kappa shape index (κ2) is 6.40. The molecule has 0 saturated carbocycles. The molecule has 1 unspecified atom stereocenters. The summed E-state index contributed by atoms with van der Waals surface area (Å²) in [5.41, 5.74) is 6.83. The summed E-state index contributed by atoms with van der Waals surface area (Å²) in [4.78, 5) is 0. The summed E-state index contributed by atoms with van der Waals surface area (Å²) in [7, 11) is 0. The zero-order chi connectivity index (χ0) is 14.6. The molecule has 0 aliphatic rings. The van der Waals surface area contributed by atoms with Crippen LogP contribution in [0.1, 0.15) is 52.6 Å². The molecule has 0 aliphatic carbocycles. The topological polar surface area (TPSA) is 55.5 Å². The van der Waals surface area contributed by atoms with Gasteiger partial charge in [-0.05, 0) is 44.4 Å². The SMILES string of the molecule is CCC(C)[C@@H](O)[C@@H](N)c1ccc(OC(C)(C)C)cc1. The lowest BCUT2D eigenvalue weighted by molar-refractivity contribution is 0.0878. The van der Waals surface area contributed by atoms with E-state index in [2.05, 4.69) is 6.92 Å². The number of hydrogen-bond donors (Lipinski definition) is 2. The van der Waals surface area contributed by atoms with Crippen molar-refractivity contribution < 1.29 is 9.84 Å². The highest BCUT2D eigenvalue weighted by molar-refractivity contribution is 5.30. The van der Waals surface area contributed by atoms with Crippen molar-refractivity contribution in [1.82, 2.24) is 0 Å². The van der Waals surface area contributed by atoms with Crippen molar-refractivity contribution >= 4 is 0 Å². The second-order valence-corrected chi connectivity index (χ2v) is 6.19. The van der Waals surface area contributed by atoms with Crippen LogP contribution in [0, 0.1) is 5.92 Å². The zero-order valence-corrected chi connectivity index (χ0v) is 12.7. The van der Waals surface area contributed by atoms with Gasteiger partial charge in [0.05, 0.1) is 12.1 Å². The van der Waals surface area contributed by atoms with Crippen LogP contribution >= 0.6 is 0 Å². The maximum absolute atomic E-state index is 10.1. The summed E-state index contributed by atoms with van der Waals surface area (Å²) in [5, 5.41) is 10.1. The van der Waals surface area contributed by atoms with Crippen molar-refractivity contribution in [2.45, 2.75) is 58.8 Å². The molecule has 1 aromatic carbocycles. The third kappa shape index (κ3) is 4.84. The molecule has 0 aliphatic heterocycles. The third-order valence-electron chi connectivity index (χ3n) is 3.28. The van der Waals surface area contributed by atoms with E-state index in [9.17, 15) is 5.11 Å². The number of aliphatic hydroxyl groups is 1. The Bertz CT molecular complexity index is 381. The van der Waals surface area contributed by atoms with Gasteiger partial charge in [0.25, 0.3) is 0 Å². The Labute approximate surface area is 116 Å². The Morgan fingerprint density at radius 3 is 2.16 bits per heavy atom. The number of aliphatic hydroxyl groups excluding tert-OH is 1. The molecule has 108 valence electrons. The van der Waals surface area contributed by atoms with Gasteiger partial charge in [-0.2, -0.15) is 0 Å². The van der Waals surface area contributed by atoms with Crippen LogP contribution in [0.4, 0.5) is 0 Å². The van der Waals surface area contributed by atoms with Crippen LogP contribution in [0.2, 0.25) is 0 Å². The smallest absolute Gasteiger partial charge is 0.120 e. The monoisotopic (exact) mass is 265 g/mol. The summed E-state index contributed by atoms with van der Waals surface area (Å²) in [5.74, 6) is 1.02. The standard InChI is InChI=1S/C16H27NO2/c1-6-11(2)15(18)14(17)12-7-9-13(10-8-12)19-16(3,4)5/h7-11,14-15,18H,6,17H2,1-5H3/t11?,14-,15+/m0/s1. The van der Waals surface area contributed by atoms with Crippen LogP contribution in [0.3, 0.4) is 0 Å². The van der Waals surface area contributed by atoms with Gasteiger partial charge in [0, 0.05) is 0 Å². The highest BCUT2D eigenvalue weighted by Crippen LogP contribution is 2.25. The van der Waals surface area contributed by atoms with Crippen molar-refractivity contribution in [3.63, 3.8) is 0 Å². The lowest BCUT2D eigenvalue weighted by atomic mass is 9.91. The fourth-order valence-electron chi connectivity index (χ4n) is 1.90. The summed E-state index contributed by atoms with van der Waals surface area (Å²) >= 11 is 0. The van der Waals surface area contributed by atoms with Crippen molar-refractivity contribution in [1.29, 1.82) is 0 Å². The molecule has 0 amide bonds. The molecule has 19 heavy (non-hydrogen) atoms. The summed E-state index contributed by atoms with van der Waals surface area (Å²) in [6.45, 7) is 10.1. The molecular weight excluding hydrogens is 238 g/mol. The van der Waals surface area contributed by atoms with Gasteiger partial charge < -0.3 is 15.6 Å². The van der Waals surface area contributed by atoms with Gasteiger partial charge in [-0.15, -0.1) is 0 Å². The van der Waals surface area contributed by atoms with Gasteiger partial charge in [-0.1, -0.05) is 32.4 Å². The molecular formula is C16H27NO2. The maximum atomic E-state index is 10.1. The predicted molar refractivity (Wildman–Crippen MR) is 79.2 cm³/mol. The predicted octanol–water partition coefficient (Wildman–Crippen LogP) is 3.27. The Morgan fingerprint density at radius 2 is 1.74 bits per heavy atom. The average Bonchev–Trinajstić information content (AvgIpc) is 2.35. The van der Waals surface area contributed by atoms with Crippen LogP contribution in [-0.2, 0) is 0 Å². The minimum atomic E-state index is -0.514. The summed E-state index contributed by atoms with van der Waals surface area (Å²) < 4.78 is 5.76. The largest absolute Gasteiger partial charge is 0.488 e. The van der Waals surface area contributed by atoms with E-state index in [4.69, 9.17) is 10.5 Å². The summed E-state index contributed by atoms with van der Waals surface area (Å²) in [6.07, 6.45) is 0.402. The fourth-order valence-corrected chi connectivity index (χ4v) is 1.90. The van der Waals surface area contributed by atoms with Gasteiger partial charge in [0.15, 0.2) is 0 Å². The van der Waals surface area contributed by atoms with Crippen LogP contribution in [0.15, 0.2) is 24.3 Å². The minimum absolute atomic E-state index is 0.195.